The summed E-state index contributed by atoms with van der Waals surface area (Å²) >= 11 is 0. The molecule has 3 heterocycles. The Balaban J connectivity index is 1.93. The molecule has 1 spiro atoms. The summed E-state index contributed by atoms with van der Waals surface area (Å²) < 4.78 is 21.3. The standard InChI is InChI=1S/C25H20N2O8/c1-3-33-22(29)19-21(26)27(12-17(28)32-2)15-10-6-5-9-14(15)25(19)18-20(35-24(25)31)13-8-4-7-11-16(13)34-23(18)30/h4-11H,3,12,26H2,1-2H3/t25-/m1/s1. The van der Waals surface area contributed by atoms with Gasteiger partial charge in [-0.3, -0.25) is 4.79 Å². The smallest absolute Gasteiger partial charge is 0.345 e. The maximum atomic E-state index is 13.8. The summed E-state index contributed by atoms with van der Waals surface area (Å²) in [4.78, 5) is 54.1. The fourth-order valence-corrected chi connectivity index (χ4v) is 4.74. The molecule has 0 radical (unpaired) electrons. The number of nitrogens with zero attached hydrogens (tertiary/aromatic N) is 1. The number of ether oxygens (including phenoxy) is 3. The molecular formula is C25H20N2O8. The average molecular weight is 476 g/mol. The second kappa shape index (κ2) is 8.01. The van der Waals surface area contributed by atoms with E-state index in [1.807, 2.05) is 0 Å². The lowest BCUT2D eigenvalue weighted by Crippen LogP contribution is -2.51. The van der Waals surface area contributed by atoms with Crippen LogP contribution >= 0.6 is 0 Å². The van der Waals surface area contributed by atoms with Crippen LogP contribution in [0.5, 0.6) is 5.75 Å². The first kappa shape index (κ1) is 22.2. The van der Waals surface area contributed by atoms with Crippen LogP contribution in [-0.2, 0) is 29.3 Å². The van der Waals surface area contributed by atoms with E-state index >= 15 is 0 Å². The molecule has 3 aromatic rings. The number of benzene rings is 2. The van der Waals surface area contributed by atoms with E-state index < -0.39 is 28.9 Å². The second-order valence-electron chi connectivity index (χ2n) is 7.89. The quantitative estimate of drug-likeness (QED) is 0.437. The summed E-state index contributed by atoms with van der Waals surface area (Å²) in [5.74, 6) is -2.75. The van der Waals surface area contributed by atoms with Crippen LogP contribution < -0.4 is 21.0 Å². The molecule has 5 rings (SSSR count). The SMILES string of the molecule is CCOC(=O)C1=C(N)N(CC(=O)OC)c2ccccc2[C@]12C(=O)Oc1c2c(=O)oc2ccccc12. The number of carbonyl (C=O) groups excluding carboxylic acids is 3. The maximum Gasteiger partial charge on any atom is 0.345 e. The first-order valence-electron chi connectivity index (χ1n) is 10.8. The van der Waals surface area contributed by atoms with Crippen LogP contribution in [-0.4, -0.2) is 38.2 Å². The molecule has 2 aliphatic heterocycles. The highest BCUT2D eigenvalue weighted by Crippen LogP contribution is 2.55. The van der Waals surface area contributed by atoms with Gasteiger partial charge in [-0.25, -0.2) is 14.4 Å². The van der Waals surface area contributed by atoms with E-state index in [0.29, 0.717) is 11.1 Å². The molecule has 0 bridgehead atoms. The number of para-hydroxylation sites is 2. The van der Waals surface area contributed by atoms with Crippen LogP contribution in [0.15, 0.2) is 69.1 Å². The van der Waals surface area contributed by atoms with Gasteiger partial charge in [-0.2, -0.15) is 0 Å². The summed E-state index contributed by atoms with van der Waals surface area (Å²) in [5, 5.41) is 0.378. The van der Waals surface area contributed by atoms with E-state index in [-0.39, 0.29) is 47.0 Å². The zero-order chi connectivity index (χ0) is 24.9. The van der Waals surface area contributed by atoms with Gasteiger partial charge in [0.25, 0.3) is 0 Å². The zero-order valence-corrected chi connectivity index (χ0v) is 18.8. The second-order valence-corrected chi connectivity index (χ2v) is 7.89. The molecule has 1 atom stereocenters. The summed E-state index contributed by atoms with van der Waals surface area (Å²) in [6, 6.07) is 13.1. The van der Waals surface area contributed by atoms with Crippen molar-refractivity contribution in [1.29, 1.82) is 0 Å². The molecule has 178 valence electrons. The van der Waals surface area contributed by atoms with E-state index in [2.05, 4.69) is 0 Å². The fraction of sp³-hybridized carbons (Fsp3) is 0.200. The molecule has 2 aliphatic rings. The number of hydrogen-bond donors (Lipinski definition) is 1. The van der Waals surface area contributed by atoms with Crippen LogP contribution in [0.4, 0.5) is 5.69 Å². The highest BCUT2D eigenvalue weighted by atomic mass is 16.6. The van der Waals surface area contributed by atoms with E-state index in [0.717, 1.165) is 0 Å². The lowest BCUT2D eigenvalue weighted by Gasteiger charge is -2.39. The average Bonchev–Trinajstić information content (AvgIpc) is 3.15. The Bertz CT molecular complexity index is 1500. The molecule has 0 saturated carbocycles. The number of esters is 3. The lowest BCUT2D eigenvalue weighted by molar-refractivity contribution is -0.143. The minimum absolute atomic E-state index is 0.0207. The van der Waals surface area contributed by atoms with Gasteiger partial charge in [-0.05, 0) is 25.1 Å². The highest BCUT2D eigenvalue weighted by molar-refractivity contribution is 6.12. The van der Waals surface area contributed by atoms with Crippen LogP contribution in [0.2, 0.25) is 0 Å². The minimum Gasteiger partial charge on any atom is -0.468 e. The van der Waals surface area contributed by atoms with Crippen molar-refractivity contribution in [3.05, 3.63) is 81.5 Å². The van der Waals surface area contributed by atoms with Gasteiger partial charge in [0.05, 0.1) is 19.1 Å². The van der Waals surface area contributed by atoms with E-state index in [9.17, 15) is 19.2 Å². The normalized spacial score (nSPS) is 18.3. The Morgan fingerprint density at radius 1 is 1.09 bits per heavy atom. The van der Waals surface area contributed by atoms with Crippen LogP contribution in [0.25, 0.3) is 11.0 Å². The van der Waals surface area contributed by atoms with Crippen molar-refractivity contribution in [2.45, 2.75) is 12.3 Å². The Morgan fingerprint density at radius 3 is 2.54 bits per heavy atom. The fourth-order valence-electron chi connectivity index (χ4n) is 4.74. The van der Waals surface area contributed by atoms with Gasteiger partial charge in [0.15, 0.2) is 11.2 Å². The van der Waals surface area contributed by atoms with Gasteiger partial charge in [0, 0.05) is 11.3 Å². The molecule has 1 aromatic heterocycles. The zero-order valence-electron chi connectivity index (χ0n) is 18.8. The summed E-state index contributed by atoms with van der Waals surface area (Å²) in [6.07, 6.45) is 0. The van der Waals surface area contributed by atoms with E-state index in [4.69, 9.17) is 24.4 Å². The van der Waals surface area contributed by atoms with Crippen molar-refractivity contribution in [3.8, 4) is 5.75 Å². The Kier molecular flexibility index (Phi) is 5.08. The monoisotopic (exact) mass is 476 g/mol. The van der Waals surface area contributed by atoms with Gasteiger partial charge >= 0.3 is 23.5 Å². The van der Waals surface area contributed by atoms with Crippen molar-refractivity contribution in [1.82, 2.24) is 0 Å². The number of carbonyl (C=O) groups is 3. The summed E-state index contributed by atoms with van der Waals surface area (Å²) in [5.41, 5.74) is 3.76. The topological polar surface area (TPSA) is 138 Å². The van der Waals surface area contributed by atoms with Crippen molar-refractivity contribution in [2.24, 2.45) is 5.73 Å². The lowest BCUT2D eigenvalue weighted by atomic mass is 9.67. The molecule has 0 amide bonds. The molecule has 0 fully saturated rings. The number of fused-ring (bicyclic) bond motifs is 6. The van der Waals surface area contributed by atoms with E-state index in [1.165, 1.54) is 12.0 Å². The predicted molar refractivity (Wildman–Crippen MR) is 123 cm³/mol. The largest absolute Gasteiger partial charge is 0.468 e. The van der Waals surface area contributed by atoms with Gasteiger partial charge in [0.2, 0.25) is 0 Å². The summed E-state index contributed by atoms with van der Waals surface area (Å²) in [6.45, 7) is 1.21. The van der Waals surface area contributed by atoms with Gasteiger partial charge in [0.1, 0.15) is 29.1 Å². The summed E-state index contributed by atoms with van der Waals surface area (Å²) in [7, 11) is 1.22. The molecule has 0 unspecified atom stereocenters. The van der Waals surface area contributed by atoms with Gasteiger partial charge in [-0.1, -0.05) is 30.3 Å². The molecule has 0 saturated heterocycles. The van der Waals surface area contributed by atoms with Crippen LogP contribution in [0, 0.1) is 0 Å². The van der Waals surface area contributed by atoms with Crippen molar-refractivity contribution in [3.63, 3.8) is 0 Å². The van der Waals surface area contributed by atoms with Crippen LogP contribution in [0.1, 0.15) is 18.1 Å². The number of hydrogen-bond acceptors (Lipinski definition) is 10. The Labute approximate surface area is 198 Å². The Morgan fingerprint density at radius 2 is 1.80 bits per heavy atom. The molecule has 10 heteroatoms. The third kappa shape index (κ3) is 2.96. The molecular weight excluding hydrogens is 456 g/mol. The van der Waals surface area contributed by atoms with E-state index in [1.54, 1.807) is 55.5 Å². The third-order valence-electron chi connectivity index (χ3n) is 6.16. The number of anilines is 1. The maximum absolute atomic E-state index is 13.8. The number of nitrogens with two attached hydrogens (primary N) is 1. The highest BCUT2D eigenvalue weighted by Gasteiger charge is 2.63. The molecule has 2 N–H and O–H groups in total. The first-order chi connectivity index (χ1) is 16.9. The predicted octanol–water partition coefficient (Wildman–Crippen LogP) is 1.72. The van der Waals surface area contributed by atoms with Crippen molar-refractivity contribution < 1.29 is 33.0 Å². The Hall–Kier alpha value is -4.60. The third-order valence-corrected chi connectivity index (χ3v) is 6.16. The van der Waals surface area contributed by atoms with Gasteiger partial charge < -0.3 is 29.3 Å². The van der Waals surface area contributed by atoms with Crippen molar-refractivity contribution in [2.75, 3.05) is 25.2 Å². The minimum atomic E-state index is -2.07. The molecule has 0 aliphatic carbocycles. The van der Waals surface area contributed by atoms with Crippen LogP contribution in [0.3, 0.4) is 0 Å². The number of methoxy groups -OCH3 is 1. The number of rotatable bonds is 4. The first-order valence-corrected chi connectivity index (χ1v) is 10.8. The van der Waals surface area contributed by atoms with Crippen molar-refractivity contribution >= 4 is 34.6 Å². The molecule has 10 nitrogen and oxygen atoms in total. The molecule has 2 aromatic carbocycles. The molecule has 35 heavy (non-hydrogen) atoms. The van der Waals surface area contributed by atoms with Gasteiger partial charge in [-0.15, -0.1) is 0 Å².